The molecule has 118 valence electrons. The van der Waals surface area contributed by atoms with Crippen molar-refractivity contribution in [2.45, 2.75) is 58.7 Å². The van der Waals surface area contributed by atoms with E-state index in [1.165, 1.54) is 0 Å². The predicted octanol–water partition coefficient (Wildman–Crippen LogP) is 3.44. The first-order valence-corrected chi connectivity index (χ1v) is 7.46. The number of amides is 1. The number of benzene rings is 1. The van der Waals surface area contributed by atoms with Gasteiger partial charge in [0, 0.05) is 30.4 Å². The number of rotatable bonds is 7. The topological polar surface area (TPSA) is 50.4 Å². The number of methoxy groups -OCH3 is 1. The summed E-state index contributed by atoms with van der Waals surface area (Å²) in [6, 6.07) is 7.99. The second-order valence-electron chi connectivity index (χ2n) is 6.42. The zero-order valence-corrected chi connectivity index (χ0v) is 14.0. The van der Waals surface area contributed by atoms with Gasteiger partial charge in [0.15, 0.2) is 0 Å². The summed E-state index contributed by atoms with van der Waals surface area (Å²) in [4.78, 5) is 11.9. The van der Waals surface area contributed by atoms with Gasteiger partial charge in [-0.3, -0.25) is 4.79 Å². The number of hydrogen-bond acceptors (Lipinski definition) is 3. The smallest absolute Gasteiger partial charge is 0.251 e. The lowest BCUT2D eigenvalue weighted by Gasteiger charge is -2.27. The number of carbonyl (C=O) groups is 1. The third-order valence-electron chi connectivity index (χ3n) is 3.33. The zero-order chi connectivity index (χ0) is 16.0. The number of anilines is 1. The molecule has 0 aromatic heterocycles. The molecule has 2 N–H and O–H groups in total. The van der Waals surface area contributed by atoms with Crippen LogP contribution in [0.1, 0.15) is 51.4 Å². The van der Waals surface area contributed by atoms with Gasteiger partial charge in [-0.2, -0.15) is 0 Å². The molecule has 0 aliphatic carbocycles. The van der Waals surface area contributed by atoms with Crippen LogP contribution in [0.4, 0.5) is 5.69 Å². The predicted molar refractivity (Wildman–Crippen MR) is 87.8 cm³/mol. The molecule has 4 heteroatoms. The minimum atomic E-state index is -0.149. The van der Waals surface area contributed by atoms with Crippen LogP contribution in [0.2, 0.25) is 0 Å². The lowest BCUT2D eigenvalue weighted by Crippen LogP contribution is -2.31. The van der Waals surface area contributed by atoms with E-state index < -0.39 is 0 Å². The molecular weight excluding hydrogens is 264 g/mol. The largest absolute Gasteiger partial charge is 0.382 e. The maximum Gasteiger partial charge on any atom is 0.251 e. The van der Waals surface area contributed by atoms with Gasteiger partial charge in [0.2, 0.25) is 0 Å². The monoisotopic (exact) mass is 292 g/mol. The summed E-state index contributed by atoms with van der Waals surface area (Å²) < 4.78 is 5.44. The highest BCUT2D eigenvalue weighted by molar-refractivity contribution is 5.94. The van der Waals surface area contributed by atoms with E-state index in [1.54, 1.807) is 7.11 Å². The number of ether oxygens (including phenoxy) is 1. The second kappa shape index (κ2) is 7.46. The Morgan fingerprint density at radius 3 is 2.24 bits per heavy atom. The van der Waals surface area contributed by atoms with Crippen molar-refractivity contribution in [2.75, 3.05) is 12.4 Å². The molecule has 0 bridgehead atoms. The summed E-state index contributed by atoms with van der Waals surface area (Å²) in [6.45, 7) is 10.2. The molecular formula is C17H28N2O2. The van der Waals surface area contributed by atoms with E-state index >= 15 is 0 Å². The van der Waals surface area contributed by atoms with Crippen molar-refractivity contribution in [1.29, 1.82) is 0 Å². The molecule has 0 aliphatic heterocycles. The van der Waals surface area contributed by atoms with Gasteiger partial charge in [0.25, 0.3) is 5.91 Å². The molecule has 4 nitrogen and oxygen atoms in total. The maximum atomic E-state index is 11.9. The van der Waals surface area contributed by atoms with Crippen LogP contribution in [0, 0.1) is 0 Å². The lowest BCUT2D eigenvalue weighted by molar-refractivity contribution is 0.0128. The fraction of sp³-hybridized carbons (Fsp3) is 0.588. The average molecular weight is 292 g/mol. The van der Waals surface area contributed by atoms with Gasteiger partial charge in [-0.25, -0.2) is 0 Å². The first-order chi connectivity index (χ1) is 9.73. The van der Waals surface area contributed by atoms with Crippen LogP contribution in [-0.4, -0.2) is 30.7 Å². The molecule has 1 amide bonds. The second-order valence-corrected chi connectivity index (χ2v) is 6.42. The zero-order valence-electron chi connectivity index (χ0n) is 14.0. The van der Waals surface area contributed by atoms with E-state index in [9.17, 15) is 4.79 Å². The lowest BCUT2D eigenvalue weighted by atomic mass is 9.99. The quantitative estimate of drug-likeness (QED) is 0.809. The Balaban J connectivity index is 2.60. The third-order valence-corrected chi connectivity index (χ3v) is 3.33. The first kappa shape index (κ1) is 17.5. The van der Waals surface area contributed by atoms with E-state index in [-0.39, 0.29) is 23.6 Å². The molecule has 0 aliphatic rings. The van der Waals surface area contributed by atoms with E-state index in [4.69, 9.17) is 4.74 Å². The van der Waals surface area contributed by atoms with Crippen LogP contribution in [-0.2, 0) is 4.74 Å². The molecule has 1 aromatic carbocycles. The van der Waals surface area contributed by atoms with E-state index in [2.05, 4.69) is 31.4 Å². The first-order valence-electron chi connectivity index (χ1n) is 7.46. The minimum Gasteiger partial charge on any atom is -0.382 e. The Morgan fingerprint density at radius 2 is 1.76 bits per heavy atom. The Kier molecular flexibility index (Phi) is 6.21. The molecule has 0 heterocycles. The molecule has 1 aromatic rings. The van der Waals surface area contributed by atoms with Crippen molar-refractivity contribution in [2.24, 2.45) is 0 Å². The Hall–Kier alpha value is -1.55. The summed E-state index contributed by atoms with van der Waals surface area (Å²) in [5.41, 5.74) is 1.54. The van der Waals surface area contributed by atoms with Gasteiger partial charge in [-0.15, -0.1) is 0 Å². The van der Waals surface area contributed by atoms with Crippen LogP contribution >= 0.6 is 0 Å². The normalized spacial score (nSPS) is 13.1. The molecule has 0 radical (unpaired) electrons. The van der Waals surface area contributed by atoms with Crippen LogP contribution in [0.15, 0.2) is 24.3 Å². The van der Waals surface area contributed by atoms with Crippen molar-refractivity contribution < 1.29 is 9.53 Å². The Labute approximate surface area is 128 Å². The molecule has 1 atom stereocenters. The fourth-order valence-electron chi connectivity index (χ4n) is 2.22. The van der Waals surface area contributed by atoms with Gasteiger partial charge in [0.1, 0.15) is 0 Å². The molecule has 0 fully saturated rings. The van der Waals surface area contributed by atoms with E-state index in [0.29, 0.717) is 5.56 Å². The van der Waals surface area contributed by atoms with Crippen molar-refractivity contribution >= 4 is 11.6 Å². The van der Waals surface area contributed by atoms with E-state index in [0.717, 1.165) is 12.1 Å². The summed E-state index contributed by atoms with van der Waals surface area (Å²) in [6.07, 6.45) is 0.902. The fourth-order valence-corrected chi connectivity index (χ4v) is 2.22. The Morgan fingerprint density at radius 1 is 1.19 bits per heavy atom. The minimum absolute atomic E-state index is 0.0369. The highest BCUT2D eigenvalue weighted by Crippen LogP contribution is 2.19. The standard InChI is InChI=1S/C17H28N2O2/c1-12(2)18-16(20)14-7-9-15(10-8-14)19-13(3)11-17(4,5)21-6/h7-10,12-13,19H,11H2,1-6H3,(H,18,20). The van der Waals surface area contributed by atoms with Crippen molar-refractivity contribution in [3.8, 4) is 0 Å². The summed E-state index contributed by atoms with van der Waals surface area (Å²) in [7, 11) is 1.73. The van der Waals surface area contributed by atoms with Crippen LogP contribution in [0.25, 0.3) is 0 Å². The van der Waals surface area contributed by atoms with Gasteiger partial charge in [0.05, 0.1) is 5.60 Å². The summed E-state index contributed by atoms with van der Waals surface area (Å²) in [5, 5.41) is 6.31. The molecule has 0 saturated heterocycles. The molecule has 0 spiro atoms. The molecule has 0 saturated carbocycles. The molecule has 21 heavy (non-hydrogen) atoms. The molecule has 1 unspecified atom stereocenters. The number of nitrogens with one attached hydrogen (secondary N) is 2. The maximum absolute atomic E-state index is 11.9. The average Bonchev–Trinajstić information content (AvgIpc) is 2.38. The van der Waals surface area contributed by atoms with Crippen molar-refractivity contribution in [1.82, 2.24) is 5.32 Å². The SMILES string of the molecule is COC(C)(C)CC(C)Nc1ccc(C(=O)NC(C)C)cc1. The summed E-state index contributed by atoms with van der Waals surface area (Å²) in [5.74, 6) is -0.0369. The molecule has 1 rings (SSSR count). The summed E-state index contributed by atoms with van der Waals surface area (Å²) >= 11 is 0. The van der Waals surface area contributed by atoms with Gasteiger partial charge in [-0.05, 0) is 65.3 Å². The van der Waals surface area contributed by atoms with Gasteiger partial charge >= 0.3 is 0 Å². The van der Waals surface area contributed by atoms with Crippen molar-refractivity contribution in [3.05, 3.63) is 29.8 Å². The van der Waals surface area contributed by atoms with Crippen LogP contribution in [0.5, 0.6) is 0 Å². The van der Waals surface area contributed by atoms with Gasteiger partial charge < -0.3 is 15.4 Å². The van der Waals surface area contributed by atoms with E-state index in [1.807, 2.05) is 38.1 Å². The van der Waals surface area contributed by atoms with Crippen LogP contribution < -0.4 is 10.6 Å². The van der Waals surface area contributed by atoms with Crippen LogP contribution in [0.3, 0.4) is 0 Å². The highest BCUT2D eigenvalue weighted by atomic mass is 16.5. The number of hydrogen-bond donors (Lipinski definition) is 2. The number of carbonyl (C=O) groups excluding carboxylic acids is 1. The third kappa shape index (κ3) is 6.17. The van der Waals surface area contributed by atoms with Crippen molar-refractivity contribution in [3.63, 3.8) is 0 Å². The Bertz CT molecular complexity index is 452. The van der Waals surface area contributed by atoms with Gasteiger partial charge in [-0.1, -0.05) is 0 Å². The highest BCUT2D eigenvalue weighted by Gasteiger charge is 2.20.